The number of rotatable bonds is 4. The molecule has 37 heavy (non-hydrogen) atoms. The van der Waals surface area contributed by atoms with Gasteiger partial charge in [0.2, 0.25) is 0 Å². The number of ketones is 1. The molecule has 0 saturated heterocycles. The van der Waals surface area contributed by atoms with E-state index >= 15 is 0 Å². The van der Waals surface area contributed by atoms with Crippen LogP contribution in [0.15, 0.2) is 151 Å². The molecule has 1 aliphatic rings. The number of allylic oxidation sites excluding steroid dienone is 1. The fraction of sp³-hybridized carbons (Fsp3) is 0.0278. The minimum absolute atomic E-state index is 0.0122. The standard InChI is InChI=1S/C36H24O/c37-35(29-19-9-3-10-20-29)34-33(28-17-7-2-8-18-28)31-23-13-14-24-32(31)36(34,30-21-11-4-12-22-30)26-25-27-15-5-1-6-16-27/h1-24H. The molecule has 0 spiro atoms. The van der Waals surface area contributed by atoms with Crippen molar-refractivity contribution < 1.29 is 4.79 Å². The maximum absolute atomic E-state index is 14.6. The number of benzene rings is 5. The first-order chi connectivity index (χ1) is 18.3. The van der Waals surface area contributed by atoms with Crippen molar-refractivity contribution in [2.75, 3.05) is 0 Å². The van der Waals surface area contributed by atoms with Crippen LogP contribution in [0.1, 0.15) is 38.2 Å². The predicted octanol–water partition coefficient (Wildman–Crippen LogP) is 7.72. The molecule has 0 radical (unpaired) electrons. The first kappa shape index (κ1) is 22.5. The third-order valence-corrected chi connectivity index (χ3v) is 6.93. The van der Waals surface area contributed by atoms with Crippen LogP contribution in [0.5, 0.6) is 0 Å². The van der Waals surface area contributed by atoms with E-state index in [1.807, 2.05) is 109 Å². The largest absolute Gasteiger partial charge is 0.289 e. The molecule has 0 bridgehead atoms. The Morgan fingerprint density at radius 1 is 0.568 bits per heavy atom. The van der Waals surface area contributed by atoms with Crippen molar-refractivity contribution in [2.45, 2.75) is 5.41 Å². The van der Waals surface area contributed by atoms with Gasteiger partial charge < -0.3 is 0 Å². The Hall–Kier alpha value is -4.93. The Bertz CT molecular complexity index is 1650. The molecule has 174 valence electrons. The molecule has 0 heterocycles. The minimum Gasteiger partial charge on any atom is -0.289 e. The molecule has 0 saturated carbocycles. The van der Waals surface area contributed by atoms with Crippen molar-refractivity contribution in [1.82, 2.24) is 0 Å². The van der Waals surface area contributed by atoms with Gasteiger partial charge in [-0.1, -0.05) is 145 Å². The fourth-order valence-electron chi connectivity index (χ4n) is 5.28. The van der Waals surface area contributed by atoms with E-state index in [-0.39, 0.29) is 5.78 Å². The monoisotopic (exact) mass is 472 g/mol. The van der Waals surface area contributed by atoms with E-state index in [0.717, 1.165) is 33.4 Å². The Morgan fingerprint density at radius 2 is 1.11 bits per heavy atom. The van der Waals surface area contributed by atoms with E-state index in [4.69, 9.17) is 0 Å². The average Bonchev–Trinajstić information content (AvgIpc) is 3.29. The maximum atomic E-state index is 14.6. The van der Waals surface area contributed by atoms with Crippen molar-refractivity contribution in [3.63, 3.8) is 0 Å². The first-order valence-electron chi connectivity index (χ1n) is 12.4. The van der Waals surface area contributed by atoms with Crippen LogP contribution in [0.3, 0.4) is 0 Å². The highest BCUT2D eigenvalue weighted by atomic mass is 16.1. The molecule has 6 rings (SSSR count). The van der Waals surface area contributed by atoms with Gasteiger partial charge in [-0.15, -0.1) is 0 Å². The quantitative estimate of drug-likeness (QED) is 0.193. The Morgan fingerprint density at radius 3 is 1.78 bits per heavy atom. The average molecular weight is 473 g/mol. The summed E-state index contributed by atoms with van der Waals surface area (Å²) in [6.07, 6.45) is 0. The van der Waals surface area contributed by atoms with E-state index < -0.39 is 5.41 Å². The van der Waals surface area contributed by atoms with E-state index in [0.29, 0.717) is 11.1 Å². The van der Waals surface area contributed by atoms with Gasteiger partial charge >= 0.3 is 0 Å². The lowest BCUT2D eigenvalue weighted by Gasteiger charge is -2.29. The third-order valence-electron chi connectivity index (χ3n) is 6.93. The summed E-state index contributed by atoms with van der Waals surface area (Å²) >= 11 is 0. The summed E-state index contributed by atoms with van der Waals surface area (Å²) in [6, 6.07) is 48.3. The van der Waals surface area contributed by atoms with Gasteiger partial charge in [-0.25, -0.2) is 0 Å². The SMILES string of the molecule is O=C(C1=C(c2ccccc2)c2ccccc2C1(C#Cc1ccccc1)c1ccccc1)c1ccccc1. The molecule has 1 nitrogen and oxygen atoms in total. The number of carbonyl (C=O) groups is 1. The number of carbonyl (C=O) groups excluding carboxylic acids is 1. The zero-order chi connectivity index (χ0) is 25.1. The minimum atomic E-state index is -0.939. The highest BCUT2D eigenvalue weighted by molar-refractivity contribution is 6.20. The van der Waals surface area contributed by atoms with Crippen LogP contribution < -0.4 is 0 Å². The highest BCUT2D eigenvalue weighted by Gasteiger charge is 2.48. The number of hydrogen-bond acceptors (Lipinski definition) is 1. The lowest BCUT2D eigenvalue weighted by atomic mass is 9.69. The molecular weight excluding hydrogens is 448 g/mol. The van der Waals surface area contributed by atoms with Gasteiger partial charge in [0.25, 0.3) is 0 Å². The molecule has 1 atom stereocenters. The van der Waals surface area contributed by atoms with Gasteiger partial charge in [0.15, 0.2) is 5.78 Å². The molecule has 0 amide bonds. The Labute approximate surface area is 217 Å². The van der Waals surface area contributed by atoms with Gasteiger partial charge in [0, 0.05) is 16.7 Å². The molecule has 0 aliphatic heterocycles. The van der Waals surface area contributed by atoms with Crippen molar-refractivity contribution in [3.8, 4) is 11.8 Å². The van der Waals surface area contributed by atoms with E-state index in [9.17, 15) is 4.79 Å². The van der Waals surface area contributed by atoms with Crippen LogP contribution in [-0.4, -0.2) is 5.78 Å². The third kappa shape index (κ3) is 3.90. The smallest absolute Gasteiger partial charge is 0.191 e. The highest BCUT2D eigenvalue weighted by Crippen LogP contribution is 2.53. The fourth-order valence-corrected chi connectivity index (χ4v) is 5.28. The Balaban J connectivity index is 1.76. The summed E-state index contributed by atoms with van der Waals surface area (Å²) in [5.74, 6) is 7.08. The summed E-state index contributed by atoms with van der Waals surface area (Å²) in [5.41, 5.74) is 6.32. The first-order valence-corrected chi connectivity index (χ1v) is 12.4. The molecule has 5 aromatic carbocycles. The van der Waals surface area contributed by atoms with Gasteiger partial charge in [-0.2, -0.15) is 0 Å². The summed E-state index contributed by atoms with van der Waals surface area (Å²) in [6.45, 7) is 0. The number of Topliss-reactive ketones (excluding diaryl/α,β-unsaturated/α-hetero) is 1. The molecule has 1 aliphatic carbocycles. The second-order valence-electron chi connectivity index (χ2n) is 9.09. The van der Waals surface area contributed by atoms with Crippen LogP contribution in [0.25, 0.3) is 5.57 Å². The summed E-state index contributed by atoms with van der Waals surface area (Å²) < 4.78 is 0. The Kier molecular flexibility index (Phi) is 5.85. The second kappa shape index (κ2) is 9.61. The summed E-state index contributed by atoms with van der Waals surface area (Å²) in [7, 11) is 0. The van der Waals surface area contributed by atoms with E-state index in [1.165, 1.54) is 0 Å². The van der Waals surface area contributed by atoms with Gasteiger partial charge in [-0.3, -0.25) is 4.79 Å². The van der Waals surface area contributed by atoms with Crippen LogP contribution in [0.2, 0.25) is 0 Å². The van der Waals surface area contributed by atoms with Crippen molar-refractivity contribution in [3.05, 3.63) is 185 Å². The predicted molar refractivity (Wildman–Crippen MR) is 150 cm³/mol. The van der Waals surface area contributed by atoms with Gasteiger partial charge in [-0.05, 0) is 40.0 Å². The summed E-state index contributed by atoms with van der Waals surface area (Å²) in [5, 5.41) is 0. The van der Waals surface area contributed by atoms with Gasteiger partial charge in [0.1, 0.15) is 5.41 Å². The second-order valence-corrected chi connectivity index (χ2v) is 9.09. The number of hydrogen-bond donors (Lipinski definition) is 0. The van der Waals surface area contributed by atoms with Crippen LogP contribution in [0.4, 0.5) is 0 Å². The lowest BCUT2D eigenvalue weighted by molar-refractivity contribution is 0.102. The zero-order valence-electron chi connectivity index (χ0n) is 20.3. The van der Waals surface area contributed by atoms with Crippen molar-refractivity contribution >= 4 is 11.4 Å². The maximum Gasteiger partial charge on any atom is 0.191 e. The molecule has 5 aromatic rings. The lowest BCUT2D eigenvalue weighted by Crippen LogP contribution is -2.31. The summed E-state index contributed by atoms with van der Waals surface area (Å²) in [4.78, 5) is 14.6. The van der Waals surface area contributed by atoms with E-state index in [2.05, 4.69) is 48.2 Å². The zero-order valence-corrected chi connectivity index (χ0v) is 20.3. The van der Waals surface area contributed by atoms with E-state index in [1.54, 1.807) is 0 Å². The molecule has 0 N–H and O–H groups in total. The molecule has 0 aromatic heterocycles. The number of fused-ring (bicyclic) bond motifs is 1. The van der Waals surface area contributed by atoms with Crippen molar-refractivity contribution in [1.29, 1.82) is 0 Å². The topological polar surface area (TPSA) is 17.1 Å². The molecule has 1 heteroatoms. The molecule has 0 fully saturated rings. The molecular formula is C36H24O. The van der Waals surface area contributed by atoms with Crippen molar-refractivity contribution in [2.24, 2.45) is 0 Å². The normalized spacial score (nSPS) is 16.0. The van der Waals surface area contributed by atoms with Gasteiger partial charge in [0.05, 0.1) is 0 Å². The van der Waals surface area contributed by atoms with Crippen LogP contribution in [-0.2, 0) is 5.41 Å². The molecule has 1 unspecified atom stereocenters. The van der Waals surface area contributed by atoms with Crippen LogP contribution >= 0.6 is 0 Å². The van der Waals surface area contributed by atoms with Crippen LogP contribution in [0, 0.1) is 11.8 Å².